The number of carbonyl (C=O) groups excluding carboxylic acids is 1. The van der Waals surface area contributed by atoms with E-state index in [1.165, 1.54) is 7.11 Å². The van der Waals surface area contributed by atoms with Crippen LogP contribution in [0.4, 0.5) is 10.5 Å². The van der Waals surface area contributed by atoms with Crippen molar-refractivity contribution in [1.82, 2.24) is 4.90 Å². The third-order valence-corrected chi connectivity index (χ3v) is 4.72. The Morgan fingerprint density at radius 3 is 2.73 bits per heavy atom. The summed E-state index contributed by atoms with van der Waals surface area (Å²) in [5.74, 6) is 2.06. The molecule has 1 aromatic carbocycles. The first-order chi connectivity index (χ1) is 12.6. The summed E-state index contributed by atoms with van der Waals surface area (Å²) in [6.07, 6.45) is 4.28. The van der Waals surface area contributed by atoms with Crippen molar-refractivity contribution in [2.24, 2.45) is 0 Å². The number of amides is 2. The lowest BCUT2D eigenvalue weighted by atomic mass is 10.2. The van der Waals surface area contributed by atoms with Crippen LogP contribution in [0.3, 0.4) is 0 Å². The van der Waals surface area contributed by atoms with Gasteiger partial charge in [0, 0.05) is 17.8 Å². The molecule has 3 rings (SSSR count). The van der Waals surface area contributed by atoms with Crippen LogP contribution in [0.25, 0.3) is 0 Å². The quantitative estimate of drug-likeness (QED) is 0.861. The van der Waals surface area contributed by atoms with E-state index < -0.39 is 0 Å². The molecule has 0 saturated heterocycles. The SMILES string of the molecule is COc1cc(NC(=O)N(Cc2ccc(C)o2)C2CCCC2)ccc1C#N. The summed E-state index contributed by atoms with van der Waals surface area (Å²) < 4.78 is 10.9. The number of nitrogens with zero attached hydrogens (tertiary/aromatic N) is 2. The molecule has 2 amide bonds. The number of urea groups is 1. The van der Waals surface area contributed by atoms with Gasteiger partial charge in [-0.3, -0.25) is 0 Å². The largest absolute Gasteiger partial charge is 0.495 e. The van der Waals surface area contributed by atoms with Crippen molar-refractivity contribution in [3.05, 3.63) is 47.4 Å². The summed E-state index contributed by atoms with van der Waals surface area (Å²) in [5, 5.41) is 12.0. The fourth-order valence-corrected chi connectivity index (χ4v) is 3.38. The van der Waals surface area contributed by atoms with Gasteiger partial charge >= 0.3 is 6.03 Å². The molecular weight excluding hydrogens is 330 g/mol. The van der Waals surface area contributed by atoms with Crippen molar-refractivity contribution < 1.29 is 13.9 Å². The summed E-state index contributed by atoms with van der Waals surface area (Å²) in [6, 6.07) is 11.0. The average Bonchev–Trinajstić information content (AvgIpc) is 3.31. The molecule has 0 bridgehead atoms. The van der Waals surface area contributed by atoms with Crippen molar-refractivity contribution in [2.45, 2.75) is 45.2 Å². The van der Waals surface area contributed by atoms with Gasteiger partial charge in [-0.05, 0) is 44.0 Å². The number of furan rings is 1. The number of aryl methyl sites for hydroxylation is 1. The number of nitrogens with one attached hydrogen (secondary N) is 1. The minimum atomic E-state index is -0.169. The minimum Gasteiger partial charge on any atom is -0.495 e. The predicted octanol–water partition coefficient (Wildman–Crippen LogP) is 4.45. The average molecular weight is 353 g/mol. The van der Waals surface area contributed by atoms with E-state index in [0.717, 1.165) is 37.2 Å². The second-order valence-electron chi connectivity index (χ2n) is 6.54. The third kappa shape index (κ3) is 3.99. The second kappa shape index (κ2) is 7.96. The van der Waals surface area contributed by atoms with Gasteiger partial charge < -0.3 is 19.4 Å². The van der Waals surface area contributed by atoms with Crippen LogP contribution < -0.4 is 10.1 Å². The molecule has 1 aliphatic rings. The molecule has 1 saturated carbocycles. The zero-order chi connectivity index (χ0) is 18.5. The van der Waals surface area contributed by atoms with Gasteiger partial charge in [-0.25, -0.2) is 4.79 Å². The van der Waals surface area contributed by atoms with E-state index in [4.69, 9.17) is 14.4 Å². The van der Waals surface area contributed by atoms with Crippen LogP contribution in [0.1, 0.15) is 42.8 Å². The topological polar surface area (TPSA) is 78.5 Å². The Labute approximate surface area is 153 Å². The fourth-order valence-electron chi connectivity index (χ4n) is 3.38. The lowest BCUT2D eigenvalue weighted by Gasteiger charge is -2.28. The second-order valence-corrected chi connectivity index (χ2v) is 6.54. The number of hydrogen-bond donors (Lipinski definition) is 1. The molecule has 1 aliphatic carbocycles. The standard InChI is InChI=1S/C20H23N3O3/c1-14-7-10-18(26-14)13-23(17-5-3-4-6-17)20(24)22-16-9-8-15(12-21)19(11-16)25-2/h7-11,17H,3-6,13H2,1-2H3,(H,22,24). The minimum absolute atomic E-state index is 0.169. The first kappa shape index (κ1) is 17.9. The smallest absolute Gasteiger partial charge is 0.322 e. The maximum Gasteiger partial charge on any atom is 0.322 e. The highest BCUT2D eigenvalue weighted by Crippen LogP contribution is 2.27. The highest BCUT2D eigenvalue weighted by molar-refractivity contribution is 5.90. The predicted molar refractivity (Wildman–Crippen MR) is 98.0 cm³/mol. The maximum atomic E-state index is 12.9. The van der Waals surface area contributed by atoms with Crippen molar-refractivity contribution >= 4 is 11.7 Å². The van der Waals surface area contributed by atoms with E-state index in [9.17, 15) is 4.79 Å². The van der Waals surface area contributed by atoms with Gasteiger partial charge in [0.2, 0.25) is 0 Å². The van der Waals surface area contributed by atoms with Crippen molar-refractivity contribution in [1.29, 1.82) is 5.26 Å². The Morgan fingerprint density at radius 1 is 1.35 bits per heavy atom. The Bertz CT molecular complexity index is 816. The molecule has 1 heterocycles. The van der Waals surface area contributed by atoms with E-state index in [2.05, 4.69) is 11.4 Å². The van der Waals surface area contributed by atoms with Crippen LogP contribution in [-0.4, -0.2) is 24.1 Å². The lowest BCUT2D eigenvalue weighted by molar-refractivity contribution is 0.178. The molecule has 0 atom stereocenters. The molecule has 0 aliphatic heterocycles. The van der Waals surface area contributed by atoms with Gasteiger partial charge in [-0.2, -0.15) is 5.26 Å². The molecule has 6 nitrogen and oxygen atoms in total. The summed E-state index contributed by atoms with van der Waals surface area (Å²) >= 11 is 0. The zero-order valence-corrected chi connectivity index (χ0v) is 15.1. The van der Waals surface area contributed by atoms with Crippen LogP contribution in [0.2, 0.25) is 0 Å². The molecule has 0 spiro atoms. The van der Waals surface area contributed by atoms with E-state index in [-0.39, 0.29) is 12.1 Å². The third-order valence-electron chi connectivity index (χ3n) is 4.72. The number of nitriles is 1. The number of methoxy groups -OCH3 is 1. The maximum absolute atomic E-state index is 12.9. The van der Waals surface area contributed by atoms with Crippen molar-refractivity contribution in [3.8, 4) is 11.8 Å². The summed E-state index contributed by atoms with van der Waals surface area (Å²) in [5.41, 5.74) is 1.04. The van der Waals surface area contributed by atoms with Gasteiger partial charge in [0.1, 0.15) is 23.3 Å². The molecule has 136 valence electrons. The molecule has 0 radical (unpaired) electrons. The van der Waals surface area contributed by atoms with Crippen molar-refractivity contribution in [2.75, 3.05) is 12.4 Å². The number of carbonyl (C=O) groups is 1. The highest BCUT2D eigenvalue weighted by Gasteiger charge is 2.27. The number of rotatable bonds is 5. The highest BCUT2D eigenvalue weighted by atomic mass is 16.5. The number of ether oxygens (including phenoxy) is 1. The van der Waals surface area contributed by atoms with E-state index in [1.807, 2.05) is 24.0 Å². The summed E-state index contributed by atoms with van der Waals surface area (Å²) in [6.45, 7) is 2.34. The van der Waals surface area contributed by atoms with Gasteiger partial charge in [0.05, 0.1) is 19.2 Å². The van der Waals surface area contributed by atoms with E-state index in [0.29, 0.717) is 23.5 Å². The Balaban J connectivity index is 1.77. The van der Waals surface area contributed by atoms with Gasteiger partial charge in [-0.15, -0.1) is 0 Å². The number of hydrogen-bond acceptors (Lipinski definition) is 4. The summed E-state index contributed by atoms with van der Waals surface area (Å²) in [7, 11) is 1.51. The van der Waals surface area contributed by atoms with Gasteiger partial charge in [0.15, 0.2) is 0 Å². The molecule has 1 N–H and O–H groups in total. The molecule has 6 heteroatoms. The molecule has 26 heavy (non-hydrogen) atoms. The number of anilines is 1. The van der Waals surface area contributed by atoms with Crippen LogP contribution in [0.15, 0.2) is 34.7 Å². The van der Waals surface area contributed by atoms with Crippen LogP contribution in [-0.2, 0) is 6.54 Å². The molecule has 1 fully saturated rings. The Hall–Kier alpha value is -2.94. The fraction of sp³-hybridized carbons (Fsp3) is 0.400. The first-order valence-corrected chi connectivity index (χ1v) is 8.82. The Kier molecular flexibility index (Phi) is 5.47. The van der Waals surface area contributed by atoms with Crippen LogP contribution >= 0.6 is 0 Å². The van der Waals surface area contributed by atoms with Gasteiger partial charge in [0.25, 0.3) is 0 Å². The van der Waals surface area contributed by atoms with Crippen molar-refractivity contribution in [3.63, 3.8) is 0 Å². The first-order valence-electron chi connectivity index (χ1n) is 8.82. The van der Waals surface area contributed by atoms with E-state index >= 15 is 0 Å². The van der Waals surface area contributed by atoms with Gasteiger partial charge in [-0.1, -0.05) is 12.8 Å². The van der Waals surface area contributed by atoms with Crippen LogP contribution in [0.5, 0.6) is 5.75 Å². The normalized spacial score (nSPS) is 14.0. The number of benzene rings is 1. The molecular formula is C20H23N3O3. The Morgan fingerprint density at radius 2 is 2.12 bits per heavy atom. The zero-order valence-electron chi connectivity index (χ0n) is 15.1. The van der Waals surface area contributed by atoms with E-state index in [1.54, 1.807) is 18.2 Å². The monoisotopic (exact) mass is 353 g/mol. The molecule has 2 aromatic rings. The molecule has 0 unspecified atom stereocenters. The van der Waals surface area contributed by atoms with Crippen LogP contribution in [0, 0.1) is 18.3 Å². The molecule has 1 aromatic heterocycles. The lowest BCUT2D eigenvalue weighted by Crippen LogP contribution is -2.41. The summed E-state index contributed by atoms with van der Waals surface area (Å²) in [4.78, 5) is 14.8.